The van der Waals surface area contributed by atoms with Crippen molar-refractivity contribution < 1.29 is 4.79 Å². The molecule has 0 bridgehead atoms. The Labute approximate surface area is 169 Å². The largest absolute Gasteiger partial charge is 0.272 e. The number of pyridine rings is 1. The molecule has 0 saturated carbocycles. The maximum absolute atomic E-state index is 13.0. The number of hydrogen-bond acceptors (Lipinski definition) is 3. The highest BCUT2D eigenvalue weighted by Gasteiger charge is 2.14. The van der Waals surface area contributed by atoms with Gasteiger partial charge in [-0.25, -0.2) is 10.4 Å². The first-order valence-corrected chi connectivity index (χ1v) is 9.64. The lowest BCUT2D eigenvalue weighted by molar-refractivity contribution is 0.0956. The fraction of sp³-hybridized carbons (Fsp3) is 0.0800. The van der Waals surface area contributed by atoms with E-state index in [9.17, 15) is 4.79 Å². The van der Waals surface area contributed by atoms with Crippen LogP contribution >= 0.6 is 0 Å². The molecule has 1 N–H and O–H groups in total. The zero-order valence-electron chi connectivity index (χ0n) is 16.2. The Bertz CT molecular complexity index is 1170. The minimum Gasteiger partial charge on any atom is -0.267 e. The van der Waals surface area contributed by atoms with Gasteiger partial charge in [-0.15, -0.1) is 0 Å². The van der Waals surface area contributed by atoms with Gasteiger partial charge in [-0.3, -0.25) is 4.79 Å². The van der Waals surface area contributed by atoms with Gasteiger partial charge >= 0.3 is 0 Å². The molecule has 0 spiro atoms. The molecule has 29 heavy (non-hydrogen) atoms. The molecule has 4 nitrogen and oxygen atoms in total. The molecule has 0 radical (unpaired) electrons. The summed E-state index contributed by atoms with van der Waals surface area (Å²) in [5, 5.41) is 5.20. The molecular weight excluding hydrogens is 358 g/mol. The van der Waals surface area contributed by atoms with E-state index in [-0.39, 0.29) is 5.91 Å². The third kappa shape index (κ3) is 4.06. The number of hydrogen-bond donors (Lipinski definition) is 1. The Hall–Kier alpha value is -3.79. The summed E-state index contributed by atoms with van der Waals surface area (Å²) < 4.78 is 0. The van der Waals surface area contributed by atoms with E-state index in [1.165, 1.54) is 0 Å². The average molecular weight is 379 g/mol. The number of aromatic nitrogens is 1. The number of nitrogens with one attached hydrogen (secondary N) is 1. The molecule has 1 amide bonds. The average Bonchev–Trinajstić information content (AvgIpc) is 2.80. The molecule has 4 aromatic rings. The maximum Gasteiger partial charge on any atom is 0.272 e. The van der Waals surface area contributed by atoms with Crippen molar-refractivity contribution in [1.82, 2.24) is 10.4 Å². The van der Waals surface area contributed by atoms with E-state index in [0.717, 1.165) is 39.9 Å². The Morgan fingerprint density at radius 3 is 2.28 bits per heavy atom. The smallest absolute Gasteiger partial charge is 0.267 e. The molecule has 0 unspecified atom stereocenters. The van der Waals surface area contributed by atoms with Gasteiger partial charge in [-0.2, -0.15) is 5.10 Å². The van der Waals surface area contributed by atoms with E-state index in [4.69, 9.17) is 4.98 Å². The molecule has 0 aliphatic rings. The van der Waals surface area contributed by atoms with Crippen molar-refractivity contribution in [2.45, 2.75) is 13.3 Å². The van der Waals surface area contributed by atoms with E-state index in [0.29, 0.717) is 5.56 Å². The normalized spacial score (nSPS) is 11.4. The number of para-hydroxylation sites is 1. The Morgan fingerprint density at radius 2 is 1.55 bits per heavy atom. The lowest BCUT2D eigenvalue weighted by Gasteiger charge is -2.10. The fourth-order valence-corrected chi connectivity index (χ4v) is 3.28. The Kier molecular flexibility index (Phi) is 5.43. The lowest BCUT2D eigenvalue weighted by Crippen LogP contribution is -2.20. The minimum atomic E-state index is -0.248. The number of nitrogens with zero attached hydrogens (tertiary/aromatic N) is 2. The standard InChI is InChI=1S/C25H21N3O/c1-2-22(18-11-5-3-6-12-18)27-28-25(29)21-17-24(19-13-7-4-8-14-19)26-23-16-10-9-15-20(21)23/h3-17H,2H2,1H3,(H,28,29)/b27-22-. The van der Waals surface area contributed by atoms with Crippen molar-refractivity contribution >= 4 is 22.5 Å². The van der Waals surface area contributed by atoms with E-state index in [1.54, 1.807) is 0 Å². The van der Waals surface area contributed by atoms with Gasteiger partial charge in [0, 0.05) is 10.9 Å². The van der Waals surface area contributed by atoms with Crippen LogP contribution in [0.2, 0.25) is 0 Å². The highest BCUT2D eigenvalue weighted by molar-refractivity contribution is 6.08. The number of benzene rings is 3. The molecule has 0 atom stereocenters. The van der Waals surface area contributed by atoms with Crippen molar-refractivity contribution in [2.75, 3.05) is 0 Å². The molecule has 0 aliphatic carbocycles. The number of carbonyl (C=O) groups is 1. The Morgan fingerprint density at radius 1 is 0.897 bits per heavy atom. The molecule has 142 valence electrons. The molecule has 4 rings (SSSR count). The van der Waals surface area contributed by atoms with Crippen LogP contribution in [0.3, 0.4) is 0 Å². The van der Waals surface area contributed by atoms with Crippen LogP contribution in [-0.4, -0.2) is 16.6 Å². The summed E-state index contributed by atoms with van der Waals surface area (Å²) in [6.07, 6.45) is 0.719. The van der Waals surface area contributed by atoms with Gasteiger partial charge < -0.3 is 0 Å². The molecular formula is C25H21N3O. The van der Waals surface area contributed by atoms with Gasteiger partial charge in [0.25, 0.3) is 5.91 Å². The van der Waals surface area contributed by atoms with Crippen LogP contribution in [-0.2, 0) is 0 Å². The van der Waals surface area contributed by atoms with Crippen LogP contribution in [0.4, 0.5) is 0 Å². The van der Waals surface area contributed by atoms with Crippen LogP contribution in [0, 0.1) is 0 Å². The number of fused-ring (bicyclic) bond motifs is 1. The van der Waals surface area contributed by atoms with Crippen molar-refractivity contribution in [2.24, 2.45) is 5.10 Å². The van der Waals surface area contributed by atoms with Gasteiger partial charge in [-0.05, 0) is 24.1 Å². The summed E-state index contributed by atoms with van der Waals surface area (Å²) in [5.74, 6) is -0.248. The van der Waals surface area contributed by atoms with Crippen LogP contribution in [0.25, 0.3) is 22.2 Å². The predicted molar refractivity (Wildman–Crippen MR) is 118 cm³/mol. The molecule has 3 aromatic carbocycles. The van der Waals surface area contributed by atoms with Gasteiger partial charge in [0.05, 0.1) is 22.5 Å². The van der Waals surface area contributed by atoms with Gasteiger partial charge in [-0.1, -0.05) is 85.8 Å². The first kappa shape index (κ1) is 18.6. The second-order valence-corrected chi connectivity index (χ2v) is 6.66. The van der Waals surface area contributed by atoms with Crippen LogP contribution in [0.5, 0.6) is 0 Å². The highest BCUT2D eigenvalue weighted by Crippen LogP contribution is 2.24. The summed E-state index contributed by atoms with van der Waals surface area (Å²) >= 11 is 0. The SMILES string of the molecule is CC/C(=N/NC(=O)c1cc(-c2ccccc2)nc2ccccc12)c1ccccc1. The topological polar surface area (TPSA) is 54.4 Å². The first-order chi connectivity index (χ1) is 14.3. The van der Waals surface area contributed by atoms with Crippen molar-refractivity contribution in [3.05, 3.63) is 102 Å². The molecule has 1 aromatic heterocycles. The molecule has 1 heterocycles. The monoisotopic (exact) mass is 379 g/mol. The van der Waals surface area contributed by atoms with Crippen LogP contribution in [0.1, 0.15) is 29.3 Å². The summed E-state index contributed by atoms with van der Waals surface area (Å²) in [5.41, 5.74) is 7.64. The zero-order chi connectivity index (χ0) is 20.1. The highest BCUT2D eigenvalue weighted by atomic mass is 16.2. The van der Waals surface area contributed by atoms with E-state index >= 15 is 0 Å². The van der Waals surface area contributed by atoms with Gasteiger partial charge in [0.2, 0.25) is 0 Å². The third-order valence-electron chi connectivity index (χ3n) is 4.76. The quantitative estimate of drug-likeness (QED) is 0.370. The first-order valence-electron chi connectivity index (χ1n) is 9.64. The number of hydrazone groups is 1. The molecule has 0 aliphatic heterocycles. The van der Waals surface area contributed by atoms with Gasteiger partial charge in [0.1, 0.15) is 0 Å². The summed E-state index contributed by atoms with van der Waals surface area (Å²) in [7, 11) is 0. The number of rotatable bonds is 5. The van der Waals surface area contributed by atoms with Crippen molar-refractivity contribution in [3.8, 4) is 11.3 Å². The van der Waals surface area contributed by atoms with Crippen LogP contribution < -0.4 is 5.43 Å². The molecule has 0 saturated heterocycles. The number of amides is 1. The maximum atomic E-state index is 13.0. The van der Waals surface area contributed by atoms with E-state index in [1.807, 2.05) is 97.9 Å². The second-order valence-electron chi connectivity index (χ2n) is 6.66. The predicted octanol–water partition coefficient (Wildman–Crippen LogP) is 5.45. The van der Waals surface area contributed by atoms with Crippen LogP contribution in [0.15, 0.2) is 96.1 Å². The summed E-state index contributed by atoms with van der Waals surface area (Å²) in [4.78, 5) is 17.8. The van der Waals surface area contributed by atoms with E-state index < -0.39 is 0 Å². The van der Waals surface area contributed by atoms with Gasteiger partial charge in [0.15, 0.2) is 0 Å². The summed E-state index contributed by atoms with van der Waals surface area (Å²) in [6, 6.07) is 29.2. The zero-order valence-corrected chi connectivity index (χ0v) is 16.2. The Balaban J connectivity index is 1.72. The van der Waals surface area contributed by atoms with Crippen molar-refractivity contribution in [1.29, 1.82) is 0 Å². The number of carbonyl (C=O) groups excluding carboxylic acids is 1. The third-order valence-corrected chi connectivity index (χ3v) is 4.76. The lowest BCUT2D eigenvalue weighted by atomic mass is 10.0. The molecule has 0 fully saturated rings. The van der Waals surface area contributed by atoms with Crippen molar-refractivity contribution in [3.63, 3.8) is 0 Å². The molecule has 4 heteroatoms. The summed E-state index contributed by atoms with van der Waals surface area (Å²) in [6.45, 7) is 2.02. The van der Waals surface area contributed by atoms with E-state index in [2.05, 4.69) is 10.5 Å². The minimum absolute atomic E-state index is 0.248. The fourth-order valence-electron chi connectivity index (χ4n) is 3.28. The second kappa shape index (κ2) is 8.48.